The first-order chi connectivity index (χ1) is 10.6. The summed E-state index contributed by atoms with van der Waals surface area (Å²) in [6.45, 7) is 5.94. The normalized spacial score (nSPS) is 20.9. The number of ether oxygens (including phenoxy) is 3. The van der Waals surface area contributed by atoms with Gasteiger partial charge in [0.1, 0.15) is 13.2 Å². The maximum Gasteiger partial charge on any atom is 0.191 e. The minimum Gasteiger partial charge on any atom is -0.486 e. The van der Waals surface area contributed by atoms with Crippen LogP contribution >= 0.6 is 39.9 Å². The molecule has 0 radical (unpaired) electrons. The first-order valence-electron chi connectivity index (χ1n) is 7.38. The van der Waals surface area contributed by atoms with Crippen molar-refractivity contribution in [1.82, 2.24) is 4.90 Å². The topological polar surface area (TPSA) is 69.3 Å². The Morgan fingerprint density at radius 1 is 1.35 bits per heavy atom. The Morgan fingerprint density at radius 3 is 2.91 bits per heavy atom. The number of nitrogens with two attached hydrogens (primary N) is 1. The van der Waals surface area contributed by atoms with E-state index in [0.29, 0.717) is 32.3 Å². The summed E-state index contributed by atoms with van der Waals surface area (Å²) in [4.78, 5) is 6.55. The molecule has 6 nitrogen and oxygen atoms in total. The number of hydrogen-bond donors (Lipinski definition) is 1. The van der Waals surface area contributed by atoms with Gasteiger partial charge in [0.15, 0.2) is 17.5 Å². The van der Waals surface area contributed by atoms with Crippen molar-refractivity contribution in [3.63, 3.8) is 0 Å². The second kappa shape index (κ2) is 8.39. The third-order valence-electron chi connectivity index (χ3n) is 3.65. The van der Waals surface area contributed by atoms with Crippen LogP contribution in [0.15, 0.2) is 21.6 Å². The molecule has 0 amide bonds. The molecule has 2 heterocycles. The molecule has 0 spiro atoms. The Morgan fingerprint density at radius 2 is 2.13 bits per heavy atom. The van der Waals surface area contributed by atoms with Crippen molar-refractivity contribution in [2.24, 2.45) is 10.7 Å². The van der Waals surface area contributed by atoms with Gasteiger partial charge in [-0.1, -0.05) is 0 Å². The van der Waals surface area contributed by atoms with Gasteiger partial charge >= 0.3 is 0 Å². The monoisotopic (exact) mass is 497 g/mol. The molecule has 23 heavy (non-hydrogen) atoms. The van der Waals surface area contributed by atoms with E-state index >= 15 is 0 Å². The Bertz CT molecular complexity index is 585. The molecule has 1 saturated heterocycles. The zero-order valence-electron chi connectivity index (χ0n) is 13.0. The number of fused-ring (bicyclic) bond motifs is 1. The highest BCUT2D eigenvalue weighted by Gasteiger charge is 2.19. The Hall–Kier alpha value is -0.740. The highest BCUT2D eigenvalue weighted by Crippen LogP contribution is 2.38. The molecule has 2 aliphatic heterocycles. The van der Waals surface area contributed by atoms with E-state index in [1.54, 1.807) is 0 Å². The molecule has 0 aliphatic carbocycles. The van der Waals surface area contributed by atoms with Crippen LogP contribution in [-0.4, -0.2) is 49.9 Å². The lowest BCUT2D eigenvalue weighted by Crippen LogP contribution is -2.47. The average Bonchev–Trinajstić information content (AvgIpc) is 2.53. The predicted molar refractivity (Wildman–Crippen MR) is 103 cm³/mol. The van der Waals surface area contributed by atoms with E-state index in [1.165, 1.54) is 0 Å². The lowest BCUT2D eigenvalue weighted by Gasteiger charge is -2.31. The highest BCUT2D eigenvalue weighted by molar-refractivity contribution is 14.0. The number of halogens is 2. The summed E-state index contributed by atoms with van der Waals surface area (Å²) in [7, 11) is 0. The summed E-state index contributed by atoms with van der Waals surface area (Å²) < 4.78 is 17.6. The Labute approximate surface area is 161 Å². The summed E-state index contributed by atoms with van der Waals surface area (Å²) in [5.41, 5.74) is 7.12. The molecule has 8 heteroatoms. The second-order valence-electron chi connectivity index (χ2n) is 5.40. The van der Waals surface area contributed by atoms with E-state index < -0.39 is 0 Å². The molecule has 1 atom stereocenters. The van der Waals surface area contributed by atoms with Crippen molar-refractivity contribution in [2.75, 3.05) is 32.9 Å². The van der Waals surface area contributed by atoms with Crippen molar-refractivity contribution >= 4 is 45.9 Å². The molecule has 2 N–H and O–H groups in total. The van der Waals surface area contributed by atoms with Crippen molar-refractivity contribution < 1.29 is 14.2 Å². The van der Waals surface area contributed by atoms with E-state index in [1.807, 2.05) is 19.1 Å². The van der Waals surface area contributed by atoms with E-state index in [9.17, 15) is 0 Å². The SMILES string of the molecule is CC1CN(C(N)=NCc2cc(Br)c3c(c2)OCCO3)CCO1.I. The number of guanidine groups is 1. The van der Waals surface area contributed by atoms with Gasteiger partial charge in [-0.2, -0.15) is 0 Å². The number of benzene rings is 1. The lowest BCUT2D eigenvalue weighted by atomic mass is 10.2. The van der Waals surface area contributed by atoms with Crippen LogP contribution in [0.3, 0.4) is 0 Å². The maximum atomic E-state index is 6.09. The summed E-state index contributed by atoms with van der Waals surface area (Å²) in [5.74, 6) is 2.07. The van der Waals surface area contributed by atoms with Gasteiger partial charge in [0.25, 0.3) is 0 Å². The zero-order valence-corrected chi connectivity index (χ0v) is 16.9. The molecule has 0 saturated carbocycles. The molecule has 0 bridgehead atoms. The van der Waals surface area contributed by atoms with Crippen LogP contribution in [0.1, 0.15) is 12.5 Å². The van der Waals surface area contributed by atoms with E-state index in [4.69, 9.17) is 19.9 Å². The van der Waals surface area contributed by atoms with Crippen molar-refractivity contribution in [3.8, 4) is 11.5 Å². The van der Waals surface area contributed by atoms with Gasteiger partial charge in [-0.3, -0.25) is 0 Å². The molecule has 1 fully saturated rings. The number of rotatable bonds is 2. The summed E-state index contributed by atoms with van der Waals surface area (Å²) in [5, 5.41) is 0. The minimum atomic E-state index is 0. The van der Waals surface area contributed by atoms with Crippen LogP contribution in [0.5, 0.6) is 11.5 Å². The standard InChI is InChI=1S/C15H20BrN3O3.HI/c1-10-9-19(2-3-20-10)15(17)18-8-11-6-12(16)14-13(7-11)21-4-5-22-14;/h6-7,10H,2-5,8-9H2,1H3,(H2,17,18);1H. The molecule has 128 valence electrons. The van der Waals surface area contributed by atoms with Crippen molar-refractivity contribution in [1.29, 1.82) is 0 Å². The van der Waals surface area contributed by atoms with E-state index in [-0.39, 0.29) is 30.1 Å². The third kappa shape index (κ3) is 4.63. The average molecular weight is 498 g/mol. The second-order valence-corrected chi connectivity index (χ2v) is 6.26. The summed E-state index contributed by atoms with van der Waals surface area (Å²) in [6.07, 6.45) is 0.186. The number of hydrogen-bond acceptors (Lipinski definition) is 4. The van der Waals surface area contributed by atoms with Gasteiger partial charge in [-0.05, 0) is 40.5 Å². The Kier molecular flexibility index (Phi) is 6.78. The zero-order chi connectivity index (χ0) is 15.5. The fraction of sp³-hybridized carbons (Fsp3) is 0.533. The number of morpholine rings is 1. The molecule has 2 aliphatic rings. The molecule has 3 rings (SSSR count). The van der Waals surface area contributed by atoms with Crippen LogP contribution in [0, 0.1) is 0 Å². The largest absolute Gasteiger partial charge is 0.486 e. The van der Waals surface area contributed by atoms with Gasteiger partial charge in [0, 0.05) is 13.1 Å². The van der Waals surface area contributed by atoms with Crippen LogP contribution in [-0.2, 0) is 11.3 Å². The van der Waals surface area contributed by atoms with Gasteiger partial charge in [0.05, 0.1) is 23.7 Å². The van der Waals surface area contributed by atoms with Crippen LogP contribution < -0.4 is 15.2 Å². The molecular weight excluding hydrogens is 477 g/mol. The third-order valence-corrected chi connectivity index (χ3v) is 4.23. The van der Waals surface area contributed by atoms with E-state index in [0.717, 1.165) is 34.6 Å². The summed E-state index contributed by atoms with van der Waals surface area (Å²) in [6, 6.07) is 3.95. The molecule has 1 unspecified atom stereocenters. The lowest BCUT2D eigenvalue weighted by molar-refractivity contribution is 0.00529. The van der Waals surface area contributed by atoms with Gasteiger partial charge < -0.3 is 24.8 Å². The van der Waals surface area contributed by atoms with Crippen LogP contribution in [0.25, 0.3) is 0 Å². The van der Waals surface area contributed by atoms with Gasteiger partial charge in [-0.25, -0.2) is 4.99 Å². The highest BCUT2D eigenvalue weighted by atomic mass is 127. The van der Waals surface area contributed by atoms with E-state index in [2.05, 4.69) is 25.8 Å². The molecule has 1 aromatic carbocycles. The maximum absolute atomic E-state index is 6.09. The minimum absolute atomic E-state index is 0. The van der Waals surface area contributed by atoms with Crippen LogP contribution in [0.4, 0.5) is 0 Å². The van der Waals surface area contributed by atoms with Gasteiger partial charge in [-0.15, -0.1) is 24.0 Å². The fourth-order valence-corrected chi connectivity index (χ4v) is 3.16. The smallest absolute Gasteiger partial charge is 0.191 e. The first-order valence-corrected chi connectivity index (χ1v) is 8.17. The quantitative estimate of drug-likeness (QED) is 0.386. The van der Waals surface area contributed by atoms with Crippen molar-refractivity contribution in [3.05, 3.63) is 22.2 Å². The van der Waals surface area contributed by atoms with Crippen LogP contribution in [0.2, 0.25) is 0 Å². The van der Waals surface area contributed by atoms with Gasteiger partial charge in [0.2, 0.25) is 0 Å². The first kappa shape index (κ1) is 18.6. The molecule has 0 aromatic heterocycles. The number of nitrogens with zero attached hydrogens (tertiary/aromatic N) is 2. The van der Waals surface area contributed by atoms with Crippen molar-refractivity contribution in [2.45, 2.75) is 19.6 Å². The number of aliphatic imine (C=N–C) groups is 1. The molecule has 1 aromatic rings. The Balaban J connectivity index is 0.00000192. The predicted octanol–water partition coefficient (Wildman–Crippen LogP) is 2.37. The fourth-order valence-electron chi connectivity index (χ4n) is 2.55. The summed E-state index contributed by atoms with van der Waals surface area (Å²) >= 11 is 3.51. The molecular formula is C15H21BrIN3O3.